The maximum Gasteiger partial charge on any atom is 0.407 e. The molecule has 1 heterocycles. The van der Waals surface area contributed by atoms with Crippen LogP contribution in [0.15, 0.2) is 18.3 Å². The van der Waals surface area contributed by atoms with Crippen molar-refractivity contribution in [1.29, 1.82) is 5.26 Å². The summed E-state index contributed by atoms with van der Waals surface area (Å²) in [5.41, 5.74) is -0.0680. The van der Waals surface area contributed by atoms with Gasteiger partial charge in [0.2, 0.25) is 5.91 Å². The third kappa shape index (κ3) is 6.77. The van der Waals surface area contributed by atoms with Gasteiger partial charge in [0.25, 0.3) is 0 Å². The van der Waals surface area contributed by atoms with Crippen molar-refractivity contribution in [2.75, 3.05) is 18.4 Å². The van der Waals surface area contributed by atoms with E-state index in [1.165, 1.54) is 0 Å². The summed E-state index contributed by atoms with van der Waals surface area (Å²) < 4.78 is 5.25. The van der Waals surface area contributed by atoms with Crippen LogP contribution in [0.4, 0.5) is 10.6 Å². The number of ether oxygens (including phenoxy) is 1. The van der Waals surface area contributed by atoms with Gasteiger partial charge in [-0.25, -0.2) is 9.78 Å². The van der Waals surface area contributed by atoms with E-state index in [0.29, 0.717) is 30.9 Å². The highest BCUT2D eigenvalue weighted by Crippen LogP contribution is 2.26. The van der Waals surface area contributed by atoms with E-state index < -0.39 is 11.7 Å². The van der Waals surface area contributed by atoms with Gasteiger partial charge in [0.05, 0.1) is 5.56 Å². The van der Waals surface area contributed by atoms with Crippen molar-refractivity contribution in [3.05, 3.63) is 23.9 Å². The maximum absolute atomic E-state index is 12.3. The van der Waals surface area contributed by atoms with Crippen LogP contribution in [0.3, 0.4) is 0 Å². The number of rotatable bonds is 6. The topological polar surface area (TPSA) is 116 Å². The van der Waals surface area contributed by atoms with Crippen LogP contribution in [0.25, 0.3) is 0 Å². The number of pyridine rings is 1. The van der Waals surface area contributed by atoms with Gasteiger partial charge in [-0.05, 0) is 52.2 Å². The van der Waals surface area contributed by atoms with Gasteiger partial charge in [0.15, 0.2) is 0 Å². The number of alkyl carbamates (subject to hydrolysis) is 1. The summed E-state index contributed by atoms with van der Waals surface area (Å²) in [7, 11) is 0. The van der Waals surface area contributed by atoms with Crippen LogP contribution in [0.1, 0.15) is 45.6 Å². The summed E-state index contributed by atoms with van der Waals surface area (Å²) in [6.45, 7) is 6.35. The van der Waals surface area contributed by atoms with Crippen LogP contribution in [-0.2, 0) is 9.53 Å². The first-order valence-corrected chi connectivity index (χ1v) is 9.14. The molecule has 1 aromatic heterocycles. The predicted molar refractivity (Wildman–Crippen MR) is 101 cm³/mol. The number of nitrogens with zero attached hydrogens (tertiary/aromatic N) is 2. The first kappa shape index (κ1) is 20.5. The molecule has 1 aromatic rings. The fourth-order valence-corrected chi connectivity index (χ4v) is 2.97. The highest BCUT2D eigenvalue weighted by molar-refractivity contribution is 5.79. The molecule has 1 saturated carbocycles. The number of carbonyl (C=O) groups excluding carboxylic acids is 2. The molecule has 0 bridgehead atoms. The Morgan fingerprint density at radius 2 is 2.11 bits per heavy atom. The van der Waals surface area contributed by atoms with Crippen molar-refractivity contribution in [2.24, 2.45) is 5.92 Å². The molecule has 0 saturated heterocycles. The smallest absolute Gasteiger partial charge is 0.407 e. The van der Waals surface area contributed by atoms with E-state index in [4.69, 9.17) is 10.00 Å². The molecule has 1 aliphatic rings. The first-order chi connectivity index (χ1) is 12.8. The number of aromatic nitrogens is 1. The molecule has 0 radical (unpaired) electrons. The number of nitrogens with one attached hydrogen (secondary N) is 3. The molecule has 27 heavy (non-hydrogen) atoms. The van der Waals surface area contributed by atoms with Gasteiger partial charge in [0, 0.05) is 31.2 Å². The lowest BCUT2D eigenvalue weighted by atomic mass is 10.1. The summed E-state index contributed by atoms with van der Waals surface area (Å²) in [5, 5.41) is 17.8. The van der Waals surface area contributed by atoms with Gasteiger partial charge in [-0.3, -0.25) is 4.79 Å². The molecule has 8 nitrogen and oxygen atoms in total. The molecular weight excluding hydrogens is 346 g/mol. The third-order valence-electron chi connectivity index (χ3n) is 4.17. The maximum atomic E-state index is 12.3. The number of nitriles is 1. The van der Waals surface area contributed by atoms with Gasteiger partial charge in [-0.1, -0.05) is 0 Å². The largest absolute Gasteiger partial charge is 0.444 e. The Hall–Kier alpha value is -2.82. The van der Waals surface area contributed by atoms with E-state index in [9.17, 15) is 9.59 Å². The molecule has 0 spiro atoms. The molecular formula is C19H27N5O3. The number of hydrogen-bond acceptors (Lipinski definition) is 6. The Balaban J connectivity index is 1.68. The first-order valence-electron chi connectivity index (χ1n) is 9.14. The van der Waals surface area contributed by atoms with E-state index in [2.05, 4.69) is 27.0 Å². The van der Waals surface area contributed by atoms with E-state index >= 15 is 0 Å². The molecule has 2 atom stereocenters. The molecule has 146 valence electrons. The summed E-state index contributed by atoms with van der Waals surface area (Å²) in [4.78, 5) is 28.2. The van der Waals surface area contributed by atoms with E-state index in [0.717, 1.165) is 12.8 Å². The average Bonchev–Trinajstić information content (AvgIpc) is 3.05. The summed E-state index contributed by atoms with van der Waals surface area (Å²) >= 11 is 0. The molecule has 0 unspecified atom stereocenters. The predicted octanol–water partition coefficient (Wildman–Crippen LogP) is 2.17. The highest BCUT2D eigenvalue weighted by Gasteiger charge is 2.31. The van der Waals surface area contributed by atoms with Gasteiger partial charge in [-0.2, -0.15) is 5.26 Å². The molecule has 1 aliphatic carbocycles. The lowest BCUT2D eigenvalue weighted by Gasteiger charge is -2.21. The zero-order valence-corrected chi connectivity index (χ0v) is 16.0. The van der Waals surface area contributed by atoms with Gasteiger partial charge in [0.1, 0.15) is 17.5 Å². The highest BCUT2D eigenvalue weighted by atomic mass is 16.6. The molecule has 3 N–H and O–H groups in total. The molecule has 0 aliphatic heterocycles. The minimum atomic E-state index is -0.536. The fraction of sp³-hybridized carbons (Fsp3) is 0.579. The zero-order valence-electron chi connectivity index (χ0n) is 16.0. The molecule has 2 amide bonds. The monoisotopic (exact) mass is 373 g/mol. The van der Waals surface area contributed by atoms with Crippen LogP contribution in [-0.4, -0.2) is 41.7 Å². The normalized spacial score (nSPS) is 19.0. The van der Waals surface area contributed by atoms with Crippen molar-refractivity contribution in [2.45, 2.75) is 51.7 Å². The van der Waals surface area contributed by atoms with Gasteiger partial charge in [-0.15, -0.1) is 0 Å². The second kappa shape index (κ2) is 9.21. The molecule has 8 heteroatoms. The standard InChI is InChI=1S/C19H27N5O3/c1-19(2,3)27-18(26)24-15-7-6-13(11-15)17(25)23-10-9-22-16-14(12-20)5-4-8-21-16/h4-5,8,13,15H,6-7,9-11H2,1-3H3,(H,21,22)(H,23,25)(H,24,26)/t13-,15+/m0/s1. The van der Waals surface area contributed by atoms with E-state index in [-0.39, 0.29) is 17.9 Å². The van der Waals surface area contributed by atoms with Crippen molar-refractivity contribution < 1.29 is 14.3 Å². The van der Waals surface area contributed by atoms with Crippen molar-refractivity contribution in [3.8, 4) is 6.07 Å². The summed E-state index contributed by atoms with van der Waals surface area (Å²) in [6.07, 6.45) is 3.27. The van der Waals surface area contributed by atoms with Crippen LogP contribution in [0.5, 0.6) is 0 Å². The second-order valence-electron chi connectivity index (χ2n) is 7.58. The minimum absolute atomic E-state index is 0.0215. The fourth-order valence-electron chi connectivity index (χ4n) is 2.97. The Morgan fingerprint density at radius 1 is 1.33 bits per heavy atom. The van der Waals surface area contributed by atoms with E-state index in [1.807, 2.05) is 20.8 Å². The zero-order chi connectivity index (χ0) is 19.9. The van der Waals surface area contributed by atoms with Crippen molar-refractivity contribution in [3.63, 3.8) is 0 Å². The minimum Gasteiger partial charge on any atom is -0.444 e. The quantitative estimate of drug-likeness (QED) is 0.658. The lowest BCUT2D eigenvalue weighted by molar-refractivity contribution is -0.124. The average molecular weight is 373 g/mol. The number of anilines is 1. The van der Waals surface area contributed by atoms with E-state index in [1.54, 1.807) is 18.3 Å². The van der Waals surface area contributed by atoms with Gasteiger partial charge < -0.3 is 20.7 Å². The Morgan fingerprint density at radius 3 is 2.81 bits per heavy atom. The van der Waals surface area contributed by atoms with Crippen LogP contribution >= 0.6 is 0 Å². The SMILES string of the molecule is CC(C)(C)OC(=O)N[C@@H]1CC[C@H](C(=O)NCCNc2ncccc2C#N)C1. The number of hydrogen-bond donors (Lipinski definition) is 3. The Kier molecular flexibility index (Phi) is 6.99. The second-order valence-corrected chi connectivity index (χ2v) is 7.58. The van der Waals surface area contributed by atoms with Crippen LogP contribution < -0.4 is 16.0 Å². The third-order valence-corrected chi connectivity index (χ3v) is 4.17. The lowest BCUT2D eigenvalue weighted by Crippen LogP contribution is -2.39. The molecule has 1 fully saturated rings. The van der Waals surface area contributed by atoms with Crippen LogP contribution in [0, 0.1) is 17.2 Å². The van der Waals surface area contributed by atoms with Crippen LogP contribution in [0.2, 0.25) is 0 Å². The molecule has 0 aromatic carbocycles. The van der Waals surface area contributed by atoms with Crippen molar-refractivity contribution >= 4 is 17.8 Å². The number of carbonyl (C=O) groups is 2. The van der Waals surface area contributed by atoms with Crippen molar-refractivity contribution in [1.82, 2.24) is 15.6 Å². The Labute approximate surface area is 159 Å². The van der Waals surface area contributed by atoms with Gasteiger partial charge >= 0.3 is 6.09 Å². The number of amides is 2. The summed E-state index contributed by atoms with van der Waals surface area (Å²) in [6, 6.07) is 5.41. The Bertz CT molecular complexity index is 708. The molecule has 2 rings (SSSR count). The summed E-state index contributed by atoms with van der Waals surface area (Å²) in [5.74, 6) is 0.373.